The summed E-state index contributed by atoms with van der Waals surface area (Å²) in [5, 5.41) is 1.13. The third-order valence-corrected chi connectivity index (χ3v) is 14.5. The van der Waals surface area contributed by atoms with E-state index in [0.29, 0.717) is 8.93 Å². The van der Waals surface area contributed by atoms with Gasteiger partial charge in [-0.15, -0.1) is 0 Å². The average Bonchev–Trinajstić information content (AvgIpc) is 2.64. The summed E-state index contributed by atoms with van der Waals surface area (Å²) in [5.41, 5.74) is 0.980. The van der Waals surface area contributed by atoms with Gasteiger partial charge in [0.15, 0.2) is 0 Å². The molecule has 29 heavy (non-hydrogen) atoms. The number of hydrogen-bond acceptors (Lipinski definition) is 4. The van der Waals surface area contributed by atoms with Crippen LogP contribution in [0.15, 0.2) is 69.4 Å². The number of hydrogen-bond donors (Lipinski definition) is 0. The monoisotopic (exact) mass is 498 g/mol. The molecule has 0 spiro atoms. The third kappa shape index (κ3) is 6.30. The normalized spacial score (nSPS) is 14.6. The van der Waals surface area contributed by atoms with Gasteiger partial charge in [0.1, 0.15) is 0 Å². The van der Waals surface area contributed by atoms with Gasteiger partial charge in [-0.05, 0) is 0 Å². The summed E-state index contributed by atoms with van der Waals surface area (Å²) < 4.78 is 46.5. The van der Waals surface area contributed by atoms with E-state index in [0.717, 1.165) is 11.0 Å². The molecule has 0 aliphatic carbocycles. The van der Waals surface area contributed by atoms with Crippen molar-refractivity contribution in [3.8, 4) is 0 Å². The molecule has 0 radical (unpaired) electrons. The van der Waals surface area contributed by atoms with Crippen LogP contribution < -0.4 is 4.46 Å². The summed E-state index contributed by atoms with van der Waals surface area (Å²) in [6.45, 7) is 12.5. The van der Waals surface area contributed by atoms with Gasteiger partial charge in [0.2, 0.25) is 0 Å². The molecule has 0 aliphatic heterocycles. The molecule has 0 N–H and O–H groups in total. The first-order chi connectivity index (χ1) is 13.3. The second kappa shape index (κ2) is 9.19. The molecule has 158 valence electrons. The molecule has 2 aromatic carbocycles. The fourth-order valence-corrected chi connectivity index (χ4v) is 7.78. The van der Waals surface area contributed by atoms with Gasteiger partial charge in [0.25, 0.3) is 0 Å². The first kappa shape index (κ1) is 23.9. The molecule has 0 saturated carbocycles. The minimum absolute atomic E-state index is 0.0287. The van der Waals surface area contributed by atoms with Crippen LogP contribution in [0.2, 0.25) is 18.1 Å². The number of rotatable bonds is 7. The molecule has 0 heterocycles. The van der Waals surface area contributed by atoms with Crippen LogP contribution in [0.4, 0.5) is 0 Å². The molecule has 1 atom stereocenters. The predicted octanol–water partition coefficient (Wildman–Crippen LogP) is 4.54. The molecule has 0 fully saturated rings. The third-order valence-electron chi connectivity index (χ3n) is 5.21. The Labute approximate surface area is 180 Å². The first-order valence-corrected chi connectivity index (χ1v) is 16.3. The first-order valence-electron chi connectivity index (χ1n) is 9.47. The Balaban J connectivity index is 2.45. The van der Waals surface area contributed by atoms with Crippen LogP contribution in [0, 0.1) is 6.92 Å². The van der Waals surface area contributed by atoms with Gasteiger partial charge in [-0.2, -0.15) is 0 Å². The zero-order valence-electron chi connectivity index (χ0n) is 17.9. The van der Waals surface area contributed by atoms with Gasteiger partial charge >= 0.3 is 180 Å². The van der Waals surface area contributed by atoms with E-state index in [9.17, 15) is 12.3 Å². The van der Waals surface area contributed by atoms with Crippen molar-refractivity contribution < 1.29 is 16.7 Å². The molecule has 0 bridgehead atoms. The van der Waals surface area contributed by atoms with E-state index < -0.39 is 32.0 Å². The summed E-state index contributed by atoms with van der Waals surface area (Å²) in [6, 6.07) is 15.7. The summed E-state index contributed by atoms with van der Waals surface area (Å²) >= 11 is -2.76. The number of benzene rings is 2. The zero-order valence-corrected chi connectivity index (χ0v) is 21.5. The molecular weight excluding hydrogens is 467 g/mol. The fourth-order valence-electron chi connectivity index (χ4n) is 2.26. The average molecular weight is 498 g/mol. The predicted molar refractivity (Wildman–Crippen MR) is 122 cm³/mol. The molecule has 0 saturated heterocycles. The van der Waals surface area contributed by atoms with E-state index >= 15 is 0 Å². The quantitative estimate of drug-likeness (QED) is 0.527. The second-order valence-corrected chi connectivity index (χ2v) is 18.4. The standard InChI is InChI=1S/C22H30O4SSeSi/c1-18-12-14-19(15-13-18)27(23,24)17-21(16-26-29(5,6)22(2,3)4)28(25)20-10-8-7-9-11-20/h7-15,17H,16H2,1-6H3/b21-17+. The minimum atomic E-state index is -3.73. The van der Waals surface area contributed by atoms with Crippen LogP contribution in [-0.4, -0.2) is 37.2 Å². The number of sulfone groups is 1. The Hall–Kier alpha value is -1.37. The van der Waals surface area contributed by atoms with Gasteiger partial charge in [0.05, 0.1) is 0 Å². The van der Waals surface area contributed by atoms with E-state index in [-0.39, 0.29) is 16.5 Å². The molecular formula is C22H30O4SSeSi. The van der Waals surface area contributed by atoms with Crippen molar-refractivity contribution in [2.75, 3.05) is 6.61 Å². The van der Waals surface area contributed by atoms with Crippen LogP contribution in [0.1, 0.15) is 26.3 Å². The Bertz CT molecular complexity index is 989. The van der Waals surface area contributed by atoms with E-state index in [1.807, 2.05) is 25.1 Å². The van der Waals surface area contributed by atoms with Crippen molar-refractivity contribution in [1.29, 1.82) is 0 Å². The molecule has 4 nitrogen and oxygen atoms in total. The molecule has 0 aliphatic rings. The van der Waals surface area contributed by atoms with E-state index in [2.05, 4.69) is 33.9 Å². The van der Waals surface area contributed by atoms with Crippen molar-refractivity contribution in [2.45, 2.75) is 50.7 Å². The van der Waals surface area contributed by atoms with Crippen molar-refractivity contribution in [1.82, 2.24) is 0 Å². The van der Waals surface area contributed by atoms with Crippen molar-refractivity contribution in [2.24, 2.45) is 0 Å². The van der Waals surface area contributed by atoms with Gasteiger partial charge in [0, 0.05) is 0 Å². The summed E-state index contributed by atoms with van der Waals surface area (Å²) in [5.74, 6) is 0. The van der Waals surface area contributed by atoms with Gasteiger partial charge in [-0.1, -0.05) is 0 Å². The van der Waals surface area contributed by atoms with Gasteiger partial charge in [-0.3, -0.25) is 0 Å². The molecule has 7 heteroatoms. The summed E-state index contributed by atoms with van der Waals surface area (Å²) in [7, 11) is -5.86. The Morgan fingerprint density at radius 1 is 1.03 bits per heavy atom. The topological polar surface area (TPSA) is 60.4 Å². The molecule has 0 amide bonds. The fraction of sp³-hybridized carbons (Fsp3) is 0.364. The van der Waals surface area contributed by atoms with Gasteiger partial charge < -0.3 is 0 Å². The van der Waals surface area contributed by atoms with Crippen LogP contribution in [-0.2, 0) is 18.1 Å². The second-order valence-electron chi connectivity index (χ2n) is 8.57. The van der Waals surface area contributed by atoms with Crippen LogP contribution >= 0.6 is 0 Å². The SMILES string of the molecule is Cc1ccc(S(=O)(=O)/C=C(\CO[Si](C)(C)C(C)(C)C)[Se](=O)c2ccccc2)cc1. The molecule has 2 rings (SSSR count). The van der Waals surface area contributed by atoms with Crippen LogP contribution in [0.25, 0.3) is 0 Å². The summed E-state index contributed by atoms with van der Waals surface area (Å²) in [6.07, 6.45) is 0. The Kier molecular flexibility index (Phi) is 7.57. The van der Waals surface area contributed by atoms with Crippen LogP contribution in [0.3, 0.4) is 0 Å². The van der Waals surface area contributed by atoms with Crippen LogP contribution in [0.5, 0.6) is 0 Å². The zero-order chi connectivity index (χ0) is 21.9. The van der Waals surface area contributed by atoms with Gasteiger partial charge in [-0.25, -0.2) is 0 Å². The van der Waals surface area contributed by atoms with Crippen molar-refractivity contribution in [3.63, 3.8) is 0 Å². The molecule has 0 aromatic heterocycles. The molecule has 1 unspecified atom stereocenters. The maximum atomic E-state index is 13.3. The Morgan fingerprint density at radius 3 is 2.10 bits per heavy atom. The van der Waals surface area contributed by atoms with E-state index in [1.165, 1.54) is 0 Å². The van der Waals surface area contributed by atoms with Crippen molar-refractivity contribution >= 4 is 36.4 Å². The Morgan fingerprint density at radius 2 is 1.59 bits per heavy atom. The van der Waals surface area contributed by atoms with Crippen molar-refractivity contribution in [3.05, 3.63) is 70.0 Å². The summed E-state index contributed by atoms with van der Waals surface area (Å²) in [4.78, 5) is 0.194. The van der Waals surface area contributed by atoms with E-state index in [1.54, 1.807) is 36.4 Å². The van der Waals surface area contributed by atoms with E-state index in [4.69, 9.17) is 4.43 Å². The molecule has 2 aromatic rings. The number of aryl methyl sites for hydroxylation is 1. The maximum absolute atomic E-state index is 13.3.